The molecule has 2 amide bonds. The molecule has 1 aromatic carbocycles. The highest BCUT2D eigenvalue weighted by atomic mass is 16.2. The number of likely N-dealkylation sites (tertiary alicyclic amines) is 1. The summed E-state index contributed by atoms with van der Waals surface area (Å²) in [7, 11) is 0. The van der Waals surface area contributed by atoms with Crippen molar-refractivity contribution >= 4 is 6.03 Å². The molecule has 1 fully saturated rings. The molecule has 168 valence electrons. The Morgan fingerprint density at radius 1 is 1.13 bits per heavy atom. The molecule has 1 heterocycles. The van der Waals surface area contributed by atoms with Crippen molar-refractivity contribution in [3.63, 3.8) is 0 Å². The first kappa shape index (κ1) is 23.1. The molecule has 1 spiro atoms. The lowest BCUT2D eigenvalue weighted by Crippen LogP contribution is -2.58. The molecule has 1 saturated heterocycles. The van der Waals surface area contributed by atoms with E-state index in [4.69, 9.17) is 0 Å². The van der Waals surface area contributed by atoms with Gasteiger partial charge in [-0.3, -0.25) is 0 Å². The van der Waals surface area contributed by atoms with Crippen molar-refractivity contribution in [1.82, 2.24) is 15.1 Å². The molecule has 1 N–H and O–H groups in total. The van der Waals surface area contributed by atoms with E-state index in [2.05, 4.69) is 82.9 Å². The standard InChI is InChI=1S/C26H43N3O/c1-19(2)29(20(3)4)24(30)27-23-18-21-10-8-9-11-22(21)26(23)13-16-28(17-14-26)15-12-25(5,6)7/h8-11,19-20,23H,12-18H2,1-7H3,(H,27,30)/t23-/m1/s1. The minimum atomic E-state index is 0.0735. The van der Waals surface area contributed by atoms with Gasteiger partial charge in [-0.2, -0.15) is 0 Å². The predicted octanol–water partition coefficient (Wildman–Crippen LogP) is 5.21. The number of hydrogen-bond acceptors (Lipinski definition) is 2. The van der Waals surface area contributed by atoms with Crippen LogP contribution in [0.2, 0.25) is 0 Å². The SMILES string of the molecule is CC(C)N(C(=O)N[C@@H]1Cc2ccccc2C12CCN(CCC(C)(C)C)CC2)C(C)C. The van der Waals surface area contributed by atoms with Gasteiger partial charge < -0.3 is 15.1 Å². The molecule has 1 aromatic rings. The monoisotopic (exact) mass is 413 g/mol. The highest BCUT2D eigenvalue weighted by Gasteiger charge is 2.49. The first-order valence-electron chi connectivity index (χ1n) is 11.9. The number of nitrogens with zero attached hydrogens (tertiary/aromatic N) is 2. The van der Waals surface area contributed by atoms with E-state index in [9.17, 15) is 4.79 Å². The van der Waals surface area contributed by atoms with Gasteiger partial charge in [-0.05, 0) is 89.6 Å². The fraction of sp³-hybridized carbons (Fsp3) is 0.731. The number of urea groups is 1. The van der Waals surface area contributed by atoms with Crippen LogP contribution in [-0.4, -0.2) is 53.6 Å². The normalized spacial score (nSPS) is 21.3. The molecule has 30 heavy (non-hydrogen) atoms. The maximum Gasteiger partial charge on any atom is 0.318 e. The van der Waals surface area contributed by atoms with Gasteiger partial charge in [-0.15, -0.1) is 0 Å². The Bertz CT molecular complexity index is 718. The van der Waals surface area contributed by atoms with E-state index in [1.54, 1.807) is 0 Å². The molecule has 1 aliphatic heterocycles. The second-order valence-electron chi connectivity index (χ2n) is 11.3. The molecular formula is C26H43N3O. The Kier molecular flexibility index (Phi) is 6.86. The smallest absolute Gasteiger partial charge is 0.318 e. The van der Waals surface area contributed by atoms with Crippen LogP contribution in [0.4, 0.5) is 4.79 Å². The summed E-state index contributed by atoms with van der Waals surface area (Å²) in [6.45, 7) is 18.8. The number of fused-ring (bicyclic) bond motifs is 2. The quantitative estimate of drug-likeness (QED) is 0.719. The second-order valence-corrected chi connectivity index (χ2v) is 11.3. The third-order valence-electron chi connectivity index (χ3n) is 7.22. The van der Waals surface area contributed by atoms with E-state index in [0.717, 1.165) is 32.4 Å². The zero-order valence-electron chi connectivity index (χ0n) is 20.3. The Morgan fingerprint density at radius 3 is 2.30 bits per heavy atom. The minimum absolute atomic E-state index is 0.0735. The number of piperidine rings is 1. The van der Waals surface area contributed by atoms with Crippen LogP contribution >= 0.6 is 0 Å². The third-order valence-corrected chi connectivity index (χ3v) is 7.22. The molecule has 4 heteroatoms. The van der Waals surface area contributed by atoms with E-state index >= 15 is 0 Å². The highest BCUT2D eigenvalue weighted by Crippen LogP contribution is 2.46. The molecule has 0 bridgehead atoms. The average Bonchev–Trinajstić information content (AvgIpc) is 2.93. The van der Waals surface area contributed by atoms with Gasteiger partial charge in [-0.1, -0.05) is 45.0 Å². The number of carbonyl (C=O) groups is 1. The maximum atomic E-state index is 13.2. The highest BCUT2D eigenvalue weighted by molar-refractivity contribution is 5.76. The van der Waals surface area contributed by atoms with Crippen LogP contribution in [0.1, 0.15) is 78.9 Å². The summed E-state index contributed by atoms with van der Waals surface area (Å²) >= 11 is 0. The summed E-state index contributed by atoms with van der Waals surface area (Å²) in [6, 6.07) is 9.56. The molecule has 1 aliphatic carbocycles. The molecular weight excluding hydrogens is 370 g/mol. The van der Waals surface area contributed by atoms with E-state index in [0.29, 0.717) is 5.41 Å². The maximum absolute atomic E-state index is 13.2. The van der Waals surface area contributed by atoms with E-state index in [-0.39, 0.29) is 29.6 Å². The fourth-order valence-corrected chi connectivity index (χ4v) is 5.55. The van der Waals surface area contributed by atoms with Crippen LogP contribution in [0.25, 0.3) is 0 Å². The lowest BCUT2D eigenvalue weighted by Gasteiger charge is -2.45. The largest absolute Gasteiger partial charge is 0.334 e. The van der Waals surface area contributed by atoms with Crippen LogP contribution in [0, 0.1) is 5.41 Å². The number of rotatable bonds is 5. The van der Waals surface area contributed by atoms with Gasteiger partial charge >= 0.3 is 6.03 Å². The number of benzene rings is 1. The van der Waals surface area contributed by atoms with Crippen molar-refractivity contribution in [2.75, 3.05) is 19.6 Å². The predicted molar refractivity (Wildman–Crippen MR) is 126 cm³/mol. The van der Waals surface area contributed by atoms with Crippen molar-refractivity contribution in [2.24, 2.45) is 5.41 Å². The second kappa shape index (κ2) is 8.90. The average molecular weight is 414 g/mol. The molecule has 0 radical (unpaired) electrons. The van der Waals surface area contributed by atoms with Gasteiger partial charge in [0.05, 0.1) is 0 Å². The first-order chi connectivity index (χ1) is 14.0. The van der Waals surface area contributed by atoms with Gasteiger partial charge in [0.25, 0.3) is 0 Å². The van der Waals surface area contributed by atoms with Crippen molar-refractivity contribution in [3.8, 4) is 0 Å². The van der Waals surface area contributed by atoms with Gasteiger partial charge in [0.15, 0.2) is 0 Å². The number of hydrogen-bond donors (Lipinski definition) is 1. The zero-order chi connectivity index (χ0) is 22.1. The van der Waals surface area contributed by atoms with Crippen LogP contribution in [0.3, 0.4) is 0 Å². The van der Waals surface area contributed by atoms with Crippen molar-refractivity contribution in [3.05, 3.63) is 35.4 Å². The Morgan fingerprint density at radius 2 is 1.73 bits per heavy atom. The topological polar surface area (TPSA) is 35.6 Å². The lowest BCUT2D eigenvalue weighted by molar-refractivity contribution is 0.116. The van der Waals surface area contributed by atoms with Crippen LogP contribution in [0.5, 0.6) is 0 Å². The summed E-state index contributed by atoms with van der Waals surface area (Å²) in [4.78, 5) is 17.9. The molecule has 4 nitrogen and oxygen atoms in total. The Balaban J connectivity index is 1.77. The van der Waals surface area contributed by atoms with Crippen molar-refractivity contribution in [1.29, 1.82) is 0 Å². The van der Waals surface area contributed by atoms with Crippen LogP contribution < -0.4 is 5.32 Å². The van der Waals surface area contributed by atoms with Gasteiger partial charge in [0.2, 0.25) is 0 Å². The summed E-state index contributed by atoms with van der Waals surface area (Å²) in [5.41, 5.74) is 3.35. The minimum Gasteiger partial charge on any atom is -0.334 e. The third kappa shape index (κ3) is 4.85. The van der Waals surface area contributed by atoms with Crippen molar-refractivity contribution < 1.29 is 4.79 Å². The summed E-state index contributed by atoms with van der Waals surface area (Å²) in [5.74, 6) is 0. The van der Waals surface area contributed by atoms with Gasteiger partial charge in [0, 0.05) is 23.5 Å². The van der Waals surface area contributed by atoms with E-state index in [1.807, 2.05) is 4.90 Å². The number of amides is 2. The molecule has 2 aliphatic rings. The van der Waals surface area contributed by atoms with Crippen molar-refractivity contribution in [2.45, 2.75) is 97.7 Å². The zero-order valence-corrected chi connectivity index (χ0v) is 20.3. The molecule has 3 rings (SSSR count). The van der Waals surface area contributed by atoms with E-state index < -0.39 is 0 Å². The molecule has 0 aromatic heterocycles. The summed E-state index contributed by atoms with van der Waals surface area (Å²) in [6.07, 6.45) is 4.44. The molecule has 0 saturated carbocycles. The Labute approximate surface area is 184 Å². The molecule has 1 atom stereocenters. The number of nitrogens with one attached hydrogen (secondary N) is 1. The van der Waals surface area contributed by atoms with Gasteiger partial charge in [-0.25, -0.2) is 4.79 Å². The number of carbonyl (C=O) groups excluding carboxylic acids is 1. The molecule has 0 unspecified atom stereocenters. The fourth-order valence-electron chi connectivity index (χ4n) is 5.55. The summed E-state index contributed by atoms with van der Waals surface area (Å²) < 4.78 is 0. The lowest BCUT2D eigenvalue weighted by atomic mass is 9.71. The van der Waals surface area contributed by atoms with Crippen LogP contribution in [0.15, 0.2) is 24.3 Å². The summed E-state index contributed by atoms with van der Waals surface area (Å²) in [5, 5.41) is 3.49. The first-order valence-corrected chi connectivity index (χ1v) is 11.9. The van der Waals surface area contributed by atoms with Crippen LogP contribution in [-0.2, 0) is 11.8 Å². The van der Waals surface area contributed by atoms with E-state index in [1.165, 1.54) is 24.1 Å². The van der Waals surface area contributed by atoms with Gasteiger partial charge in [0.1, 0.15) is 0 Å². The Hall–Kier alpha value is -1.55.